The van der Waals surface area contributed by atoms with Crippen LogP contribution in [0.2, 0.25) is 5.02 Å². The molecule has 0 spiro atoms. The predicted molar refractivity (Wildman–Crippen MR) is 85.2 cm³/mol. The molecule has 5 heteroatoms. The fraction of sp³-hybridized carbons (Fsp3) is 0.188. The third kappa shape index (κ3) is 2.41. The summed E-state index contributed by atoms with van der Waals surface area (Å²) in [6, 6.07) is 10.6. The standard InChI is InChI=1S/C16H13Cl2FN2/c1-10-12(19)5-3-6-13(10)21-14-7-2-4-11(18)16(14)20-15(21)8-9-17/h2-7H,8-9H2,1H3. The number of nitrogens with zero attached hydrogens (tertiary/aromatic N) is 2. The van der Waals surface area contributed by atoms with E-state index >= 15 is 0 Å². The summed E-state index contributed by atoms with van der Waals surface area (Å²) in [6.07, 6.45) is 0.586. The molecule has 0 atom stereocenters. The summed E-state index contributed by atoms with van der Waals surface area (Å²) >= 11 is 12.1. The Morgan fingerprint density at radius 1 is 1.19 bits per heavy atom. The maximum Gasteiger partial charge on any atom is 0.128 e. The number of hydrogen-bond acceptors (Lipinski definition) is 1. The van der Waals surface area contributed by atoms with E-state index in [1.54, 1.807) is 19.1 Å². The van der Waals surface area contributed by atoms with Crippen LogP contribution in [0.1, 0.15) is 11.4 Å². The zero-order valence-electron chi connectivity index (χ0n) is 11.4. The molecule has 108 valence electrons. The molecule has 21 heavy (non-hydrogen) atoms. The van der Waals surface area contributed by atoms with E-state index in [-0.39, 0.29) is 5.82 Å². The van der Waals surface area contributed by atoms with E-state index in [1.807, 2.05) is 22.8 Å². The Hall–Kier alpha value is -1.58. The molecule has 1 aromatic heterocycles. The number of para-hydroxylation sites is 1. The second-order valence-corrected chi connectivity index (χ2v) is 5.58. The van der Waals surface area contributed by atoms with E-state index in [1.165, 1.54) is 6.07 Å². The number of fused-ring (bicyclic) bond motifs is 1. The number of hydrogen-bond donors (Lipinski definition) is 0. The van der Waals surface area contributed by atoms with E-state index in [4.69, 9.17) is 23.2 Å². The van der Waals surface area contributed by atoms with Gasteiger partial charge in [-0.05, 0) is 31.2 Å². The topological polar surface area (TPSA) is 17.8 Å². The first-order chi connectivity index (χ1) is 10.1. The van der Waals surface area contributed by atoms with Crippen molar-refractivity contribution in [3.05, 3.63) is 58.6 Å². The first-order valence-corrected chi connectivity index (χ1v) is 7.52. The molecule has 0 aliphatic carbocycles. The van der Waals surface area contributed by atoms with Gasteiger partial charge < -0.3 is 0 Å². The monoisotopic (exact) mass is 322 g/mol. The van der Waals surface area contributed by atoms with Crippen molar-refractivity contribution < 1.29 is 4.39 Å². The molecule has 0 unspecified atom stereocenters. The van der Waals surface area contributed by atoms with Crippen molar-refractivity contribution in [2.75, 3.05) is 5.88 Å². The third-order valence-electron chi connectivity index (χ3n) is 3.50. The molecule has 2 aromatic carbocycles. The molecule has 0 aliphatic rings. The SMILES string of the molecule is Cc1c(F)cccc1-n1c(CCCl)nc2c(Cl)cccc21. The van der Waals surface area contributed by atoms with Crippen molar-refractivity contribution >= 4 is 34.2 Å². The lowest BCUT2D eigenvalue weighted by Crippen LogP contribution is -2.05. The fourth-order valence-electron chi connectivity index (χ4n) is 2.47. The molecule has 0 saturated heterocycles. The third-order valence-corrected chi connectivity index (χ3v) is 4.00. The van der Waals surface area contributed by atoms with Crippen LogP contribution in [-0.4, -0.2) is 15.4 Å². The Morgan fingerprint density at radius 3 is 2.71 bits per heavy atom. The van der Waals surface area contributed by atoms with Crippen LogP contribution in [0.4, 0.5) is 4.39 Å². The molecule has 0 N–H and O–H groups in total. The van der Waals surface area contributed by atoms with Crippen molar-refractivity contribution in [3.8, 4) is 5.69 Å². The van der Waals surface area contributed by atoms with Crippen LogP contribution in [0.3, 0.4) is 0 Å². The van der Waals surface area contributed by atoms with Crippen molar-refractivity contribution in [2.45, 2.75) is 13.3 Å². The van der Waals surface area contributed by atoms with Gasteiger partial charge in [-0.2, -0.15) is 0 Å². The molecule has 0 saturated carbocycles. The zero-order chi connectivity index (χ0) is 15.0. The number of rotatable bonds is 3. The summed E-state index contributed by atoms with van der Waals surface area (Å²) in [5.74, 6) is 0.977. The Morgan fingerprint density at radius 2 is 1.95 bits per heavy atom. The van der Waals surface area contributed by atoms with Crippen LogP contribution in [0.15, 0.2) is 36.4 Å². The second kappa shape index (κ2) is 5.66. The summed E-state index contributed by atoms with van der Waals surface area (Å²) in [5, 5.41) is 0.580. The van der Waals surface area contributed by atoms with Gasteiger partial charge >= 0.3 is 0 Å². The molecular weight excluding hydrogens is 310 g/mol. The van der Waals surface area contributed by atoms with E-state index in [0.717, 1.165) is 17.0 Å². The van der Waals surface area contributed by atoms with Gasteiger partial charge in [-0.25, -0.2) is 9.37 Å². The number of imidazole rings is 1. The Labute approximate surface area is 132 Å². The van der Waals surface area contributed by atoms with Crippen molar-refractivity contribution in [2.24, 2.45) is 0 Å². The van der Waals surface area contributed by atoms with Gasteiger partial charge in [-0.15, -0.1) is 11.6 Å². The lowest BCUT2D eigenvalue weighted by atomic mass is 10.1. The van der Waals surface area contributed by atoms with Gasteiger partial charge in [0.05, 0.1) is 16.2 Å². The Balaban J connectivity index is 2.37. The first kappa shape index (κ1) is 14.4. The van der Waals surface area contributed by atoms with E-state index < -0.39 is 0 Å². The highest BCUT2D eigenvalue weighted by atomic mass is 35.5. The molecule has 2 nitrogen and oxygen atoms in total. The highest BCUT2D eigenvalue weighted by Gasteiger charge is 2.16. The highest BCUT2D eigenvalue weighted by Crippen LogP contribution is 2.29. The molecule has 0 radical (unpaired) electrons. The molecule has 0 amide bonds. The van der Waals surface area contributed by atoms with E-state index in [9.17, 15) is 4.39 Å². The molecule has 3 rings (SSSR count). The Bertz CT molecular complexity index is 811. The van der Waals surface area contributed by atoms with Crippen LogP contribution in [-0.2, 0) is 6.42 Å². The minimum Gasteiger partial charge on any atom is -0.296 e. The predicted octanol–water partition coefficient (Wildman–Crippen LogP) is 4.91. The minimum atomic E-state index is -0.242. The second-order valence-electron chi connectivity index (χ2n) is 4.79. The average Bonchev–Trinajstić information content (AvgIpc) is 2.82. The van der Waals surface area contributed by atoms with Gasteiger partial charge in [0, 0.05) is 17.9 Å². The van der Waals surface area contributed by atoms with E-state index in [0.29, 0.717) is 28.4 Å². The van der Waals surface area contributed by atoms with Gasteiger partial charge in [0.1, 0.15) is 17.2 Å². The van der Waals surface area contributed by atoms with Gasteiger partial charge in [-0.3, -0.25) is 4.57 Å². The smallest absolute Gasteiger partial charge is 0.128 e. The number of halogens is 3. The van der Waals surface area contributed by atoms with Gasteiger partial charge in [0.25, 0.3) is 0 Å². The highest BCUT2D eigenvalue weighted by molar-refractivity contribution is 6.35. The van der Waals surface area contributed by atoms with Crippen molar-refractivity contribution in [3.63, 3.8) is 0 Å². The van der Waals surface area contributed by atoms with Crippen LogP contribution in [0.25, 0.3) is 16.7 Å². The van der Waals surface area contributed by atoms with Crippen molar-refractivity contribution in [1.82, 2.24) is 9.55 Å². The number of aryl methyl sites for hydroxylation is 1. The summed E-state index contributed by atoms with van der Waals surface area (Å²) in [4.78, 5) is 4.57. The van der Waals surface area contributed by atoms with Crippen LogP contribution in [0.5, 0.6) is 0 Å². The van der Waals surface area contributed by atoms with E-state index in [2.05, 4.69) is 4.98 Å². The van der Waals surface area contributed by atoms with Gasteiger partial charge in [0.2, 0.25) is 0 Å². The summed E-state index contributed by atoms with van der Waals surface area (Å²) in [7, 11) is 0. The molecule has 3 aromatic rings. The van der Waals surface area contributed by atoms with Crippen molar-refractivity contribution in [1.29, 1.82) is 0 Å². The first-order valence-electron chi connectivity index (χ1n) is 6.60. The summed E-state index contributed by atoms with van der Waals surface area (Å²) in [6.45, 7) is 1.76. The summed E-state index contributed by atoms with van der Waals surface area (Å²) in [5.41, 5.74) is 2.91. The van der Waals surface area contributed by atoms with Gasteiger partial charge in [-0.1, -0.05) is 23.7 Å². The maximum absolute atomic E-state index is 13.9. The minimum absolute atomic E-state index is 0.242. The van der Waals surface area contributed by atoms with Crippen LogP contribution >= 0.6 is 23.2 Å². The van der Waals surface area contributed by atoms with Crippen LogP contribution in [0, 0.1) is 12.7 Å². The van der Waals surface area contributed by atoms with Gasteiger partial charge in [0.15, 0.2) is 0 Å². The maximum atomic E-state index is 13.9. The molecule has 0 fully saturated rings. The zero-order valence-corrected chi connectivity index (χ0v) is 12.9. The normalized spacial score (nSPS) is 11.2. The van der Waals surface area contributed by atoms with Crippen LogP contribution < -0.4 is 0 Å². The average molecular weight is 323 g/mol. The molecule has 0 aliphatic heterocycles. The number of benzene rings is 2. The quantitative estimate of drug-likeness (QED) is 0.626. The number of alkyl halides is 1. The number of aromatic nitrogens is 2. The lowest BCUT2D eigenvalue weighted by Gasteiger charge is -2.12. The molecule has 0 bridgehead atoms. The lowest BCUT2D eigenvalue weighted by molar-refractivity contribution is 0.616. The Kier molecular flexibility index (Phi) is 3.87. The molecular formula is C16H13Cl2FN2. The summed E-state index contributed by atoms with van der Waals surface area (Å²) < 4.78 is 15.8. The molecule has 1 heterocycles. The fourth-order valence-corrected chi connectivity index (χ4v) is 2.85. The largest absolute Gasteiger partial charge is 0.296 e.